The van der Waals surface area contributed by atoms with Crippen LogP contribution in [0.25, 0.3) is 10.8 Å². The molecule has 3 nitrogen and oxygen atoms in total. The molecule has 21 heavy (non-hydrogen) atoms. The van der Waals surface area contributed by atoms with Crippen LogP contribution in [-0.4, -0.2) is 18.1 Å². The highest BCUT2D eigenvalue weighted by Gasteiger charge is 2.16. The molecule has 0 aliphatic carbocycles. The van der Waals surface area contributed by atoms with Crippen molar-refractivity contribution in [2.45, 2.75) is 45.8 Å². The molecule has 2 aromatic rings. The zero-order chi connectivity index (χ0) is 15.2. The summed E-state index contributed by atoms with van der Waals surface area (Å²) in [4.78, 5) is 12.1. The molecule has 0 spiro atoms. The van der Waals surface area contributed by atoms with Gasteiger partial charge in [0, 0.05) is 6.04 Å². The Labute approximate surface area is 126 Å². The van der Waals surface area contributed by atoms with E-state index in [0.717, 1.165) is 24.0 Å². The lowest BCUT2D eigenvalue weighted by molar-refractivity contribution is -0.127. The second-order valence-electron chi connectivity index (χ2n) is 5.47. The van der Waals surface area contributed by atoms with E-state index in [1.807, 2.05) is 43.3 Å². The Bertz CT molecular complexity index is 609. The molecule has 2 atom stereocenters. The molecule has 1 amide bonds. The maximum absolute atomic E-state index is 12.1. The quantitative estimate of drug-likeness (QED) is 0.873. The predicted molar refractivity (Wildman–Crippen MR) is 86.6 cm³/mol. The molecule has 0 aliphatic heterocycles. The summed E-state index contributed by atoms with van der Waals surface area (Å²) in [5, 5.41) is 5.25. The Morgan fingerprint density at radius 3 is 2.57 bits per heavy atom. The van der Waals surface area contributed by atoms with E-state index in [0.29, 0.717) is 0 Å². The average Bonchev–Trinajstić information content (AvgIpc) is 2.47. The summed E-state index contributed by atoms with van der Waals surface area (Å²) in [5.41, 5.74) is 0. The molecule has 0 aliphatic rings. The zero-order valence-electron chi connectivity index (χ0n) is 12.9. The third kappa shape index (κ3) is 4.22. The monoisotopic (exact) mass is 285 g/mol. The van der Waals surface area contributed by atoms with Crippen LogP contribution in [0.3, 0.4) is 0 Å². The summed E-state index contributed by atoms with van der Waals surface area (Å²) in [7, 11) is 0. The van der Waals surface area contributed by atoms with Crippen molar-refractivity contribution in [2.24, 2.45) is 0 Å². The van der Waals surface area contributed by atoms with Crippen LogP contribution < -0.4 is 10.1 Å². The predicted octanol–water partition coefficient (Wildman–Crippen LogP) is 3.91. The van der Waals surface area contributed by atoms with E-state index in [2.05, 4.69) is 18.3 Å². The smallest absolute Gasteiger partial charge is 0.260 e. The molecule has 3 heteroatoms. The van der Waals surface area contributed by atoms with Crippen LogP contribution in [0.15, 0.2) is 42.5 Å². The summed E-state index contributed by atoms with van der Waals surface area (Å²) < 4.78 is 5.75. The topological polar surface area (TPSA) is 38.3 Å². The van der Waals surface area contributed by atoms with Crippen LogP contribution >= 0.6 is 0 Å². The number of carbonyl (C=O) groups is 1. The Kier molecular flexibility index (Phi) is 5.20. The van der Waals surface area contributed by atoms with Crippen LogP contribution in [0.2, 0.25) is 0 Å². The van der Waals surface area contributed by atoms with E-state index in [1.54, 1.807) is 6.92 Å². The molecular weight excluding hydrogens is 262 g/mol. The Morgan fingerprint density at radius 2 is 1.86 bits per heavy atom. The van der Waals surface area contributed by atoms with E-state index in [-0.39, 0.29) is 11.9 Å². The van der Waals surface area contributed by atoms with E-state index in [4.69, 9.17) is 4.74 Å². The van der Waals surface area contributed by atoms with Gasteiger partial charge in [-0.2, -0.15) is 0 Å². The largest absolute Gasteiger partial charge is 0.481 e. The van der Waals surface area contributed by atoms with Gasteiger partial charge in [0.2, 0.25) is 0 Å². The first-order valence-corrected chi connectivity index (χ1v) is 7.56. The highest BCUT2D eigenvalue weighted by molar-refractivity contribution is 5.84. The summed E-state index contributed by atoms with van der Waals surface area (Å²) in [5.74, 6) is 0.656. The second kappa shape index (κ2) is 7.11. The molecule has 0 radical (unpaired) electrons. The standard InChI is InChI=1S/C18H23NO2/c1-4-7-13(2)19-18(20)14(3)21-17-11-10-15-8-5-6-9-16(15)12-17/h5-6,8-14H,4,7H2,1-3H3,(H,19,20)/t13-,14+/m1/s1. The molecule has 0 saturated heterocycles. The first-order valence-electron chi connectivity index (χ1n) is 7.56. The van der Waals surface area contributed by atoms with Crippen molar-refractivity contribution in [3.05, 3.63) is 42.5 Å². The molecule has 0 unspecified atom stereocenters. The van der Waals surface area contributed by atoms with E-state index < -0.39 is 6.10 Å². The number of hydrogen-bond donors (Lipinski definition) is 1. The third-order valence-electron chi connectivity index (χ3n) is 3.51. The molecule has 112 valence electrons. The number of hydrogen-bond acceptors (Lipinski definition) is 2. The van der Waals surface area contributed by atoms with Gasteiger partial charge in [-0.15, -0.1) is 0 Å². The Balaban J connectivity index is 2.00. The molecule has 1 N–H and O–H groups in total. The zero-order valence-corrected chi connectivity index (χ0v) is 12.9. The molecule has 2 rings (SSSR count). The summed E-state index contributed by atoms with van der Waals surface area (Å²) in [6.07, 6.45) is 1.54. The number of rotatable bonds is 6. The van der Waals surface area contributed by atoms with Crippen LogP contribution in [-0.2, 0) is 4.79 Å². The Hall–Kier alpha value is -2.03. The molecule has 2 aromatic carbocycles. The molecule has 0 aromatic heterocycles. The fraction of sp³-hybridized carbons (Fsp3) is 0.389. The highest BCUT2D eigenvalue weighted by atomic mass is 16.5. The minimum absolute atomic E-state index is 0.0656. The number of benzene rings is 2. The van der Waals surface area contributed by atoms with Gasteiger partial charge >= 0.3 is 0 Å². The van der Waals surface area contributed by atoms with Gasteiger partial charge < -0.3 is 10.1 Å². The maximum atomic E-state index is 12.1. The number of carbonyl (C=O) groups excluding carboxylic acids is 1. The molecule has 0 bridgehead atoms. The van der Waals surface area contributed by atoms with E-state index in [9.17, 15) is 4.79 Å². The van der Waals surface area contributed by atoms with E-state index in [1.165, 1.54) is 5.39 Å². The molecule has 0 fully saturated rings. The Morgan fingerprint density at radius 1 is 1.14 bits per heavy atom. The van der Waals surface area contributed by atoms with Crippen LogP contribution in [0.5, 0.6) is 5.75 Å². The van der Waals surface area contributed by atoms with Crippen molar-refractivity contribution in [3.8, 4) is 5.75 Å². The fourth-order valence-corrected chi connectivity index (χ4v) is 2.36. The first-order chi connectivity index (χ1) is 10.1. The van der Waals surface area contributed by atoms with Gasteiger partial charge in [-0.1, -0.05) is 43.7 Å². The van der Waals surface area contributed by atoms with Crippen LogP contribution in [0.1, 0.15) is 33.6 Å². The number of fused-ring (bicyclic) bond motifs is 1. The van der Waals surface area contributed by atoms with Crippen LogP contribution in [0, 0.1) is 0 Å². The first kappa shape index (κ1) is 15.4. The van der Waals surface area contributed by atoms with Gasteiger partial charge in [-0.25, -0.2) is 0 Å². The number of amides is 1. The minimum Gasteiger partial charge on any atom is -0.481 e. The number of ether oxygens (including phenoxy) is 1. The van der Waals surface area contributed by atoms with Crippen molar-refractivity contribution < 1.29 is 9.53 Å². The van der Waals surface area contributed by atoms with Gasteiger partial charge in [0.25, 0.3) is 5.91 Å². The van der Waals surface area contributed by atoms with Crippen molar-refractivity contribution in [3.63, 3.8) is 0 Å². The average molecular weight is 285 g/mol. The lowest BCUT2D eigenvalue weighted by atomic mass is 10.1. The van der Waals surface area contributed by atoms with Crippen molar-refractivity contribution in [2.75, 3.05) is 0 Å². The van der Waals surface area contributed by atoms with Gasteiger partial charge in [-0.05, 0) is 43.2 Å². The minimum atomic E-state index is -0.495. The lowest BCUT2D eigenvalue weighted by Gasteiger charge is -2.18. The fourth-order valence-electron chi connectivity index (χ4n) is 2.36. The van der Waals surface area contributed by atoms with Crippen LogP contribution in [0.4, 0.5) is 0 Å². The van der Waals surface area contributed by atoms with Gasteiger partial charge in [-0.3, -0.25) is 4.79 Å². The maximum Gasteiger partial charge on any atom is 0.260 e. The van der Waals surface area contributed by atoms with Gasteiger partial charge in [0.05, 0.1) is 0 Å². The second-order valence-corrected chi connectivity index (χ2v) is 5.47. The summed E-state index contributed by atoms with van der Waals surface area (Å²) in [6.45, 7) is 5.91. The van der Waals surface area contributed by atoms with Gasteiger partial charge in [0.15, 0.2) is 6.10 Å². The van der Waals surface area contributed by atoms with Crippen molar-refractivity contribution in [1.29, 1.82) is 0 Å². The molecule has 0 saturated carbocycles. The summed E-state index contributed by atoms with van der Waals surface area (Å²) >= 11 is 0. The lowest BCUT2D eigenvalue weighted by Crippen LogP contribution is -2.41. The van der Waals surface area contributed by atoms with Crippen molar-refractivity contribution in [1.82, 2.24) is 5.32 Å². The third-order valence-corrected chi connectivity index (χ3v) is 3.51. The van der Waals surface area contributed by atoms with E-state index >= 15 is 0 Å². The highest BCUT2D eigenvalue weighted by Crippen LogP contribution is 2.21. The molecule has 0 heterocycles. The number of nitrogens with one attached hydrogen (secondary N) is 1. The van der Waals surface area contributed by atoms with Gasteiger partial charge in [0.1, 0.15) is 5.75 Å². The van der Waals surface area contributed by atoms with Crippen molar-refractivity contribution >= 4 is 16.7 Å². The normalized spacial score (nSPS) is 13.7. The summed E-state index contributed by atoms with van der Waals surface area (Å²) in [6, 6.07) is 14.2. The molecular formula is C18H23NO2. The SMILES string of the molecule is CCC[C@@H](C)NC(=O)[C@H](C)Oc1ccc2ccccc2c1.